The zero-order valence-corrected chi connectivity index (χ0v) is 14.1. The van der Waals surface area contributed by atoms with E-state index in [0.29, 0.717) is 5.92 Å². The molecule has 1 aromatic carbocycles. The Morgan fingerprint density at radius 1 is 1.15 bits per heavy atom. The molecule has 2 N–H and O–H groups in total. The number of anilines is 3. The fourth-order valence-corrected chi connectivity index (χ4v) is 2.32. The molecule has 1 aromatic heterocycles. The van der Waals surface area contributed by atoms with E-state index in [4.69, 9.17) is 0 Å². The summed E-state index contributed by atoms with van der Waals surface area (Å²) in [6.45, 7) is 7.10. The molecule has 2 rings (SSSR count). The van der Waals surface area contributed by atoms with Crippen molar-refractivity contribution in [1.82, 2.24) is 9.97 Å². The lowest BCUT2D eigenvalue weighted by Crippen LogP contribution is -2.07. The largest absolute Gasteiger partial charge is 0.370 e. The third-order valence-electron chi connectivity index (χ3n) is 2.71. The van der Waals surface area contributed by atoms with Crippen molar-refractivity contribution in [3.63, 3.8) is 0 Å². The van der Waals surface area contributed by atoms with Gasteiger partial charge in [0.1, 0.15) is 17.5 Å². The first-order chi connectivity index (χ1) is 9.58. The Morgan fingerprint density at radius 2 is 1.90 bits per heavy atom. The van der Waals surface area contributed by atoms with Gasteiger partial charge in [-0.1, -0.05) is 19.9 Å². The van der Waals surface area contributed by atoms with E-state index in [1.807, 2.05) is 18.2 Å². The zero-order chi connectivity index (χ0) is 14.5. The van der Waals surface area contributed by atoms with Crippen LogP contribution in [0.5, 0.6) is 0 Å². The summed E-state index contributed by atoms with van der Waals surface area (Å²) >= 11 is 2.30. The molecule has 0 saturated heterocycles. The van der Waals surface area contributed by atoms with E-state index in [-0.39, 0.29) is 0 Å². The van der Waals surface area contributed by atoms with E-state index in [1.165, 1.54) is 3.57 Å². The molecule has 0 aliphatic carbocycles. The van der Waals surface area contributed by atoms with Gasteiger partial charge in [-0.3, -0.25) is 0 Å². The Kier molecular flexibility index (Phi) is 5.17. The van der Waals surface area contributed by atoms with Crippen LogP contribution in [0.1, 0.15) is 32.5 Å². The predicted octanol–water partition coefficient (Wildman–Crippen LogP) is 4.38. The lowest BCUT2D eigenvalue weighted by atomic mass is 10.2. The summed E-state index contributed by atoms with van der Waals surface area (Å²) in [7, 11) is 0. The van der Waals surface area contributed by atoms with Crippen molar-refractivity contribution < 1.29 is 0 Å². The van der Waals surface area contributed by atoms with Gasteiger partial charge in [-0.2, -0.15) is 0 Å². The average Bonchev–Trinajstić information content (AvgIpc) is 2.38. The topological polar surface area (TPSA) is 49.8 Å². The van der Waals surface area contributed by atoms with Gasteiger partial charge >= 0.3 is 0 Å². The first-order valence-corrected chi connectivity index (χ1v) is 7.81. The molecule has 0 unspecified atom stereocenters. The van der Waals surface area contributed by atoms with Crippen LogP contribution in [0.3, 0.4) is 0 Å². The van der Waals surface area contributed by atoms with Gasteiger partial charge in [0.15, 0.2) is 0 Å². The van der Waals surface area contributed by atoms with Gasteiger partial charge in [0.25, 0.3) is 0 Å². The summed E-state index contributed by atoms with van der Waals surface area (Å²) in [5, 5.41) is 6.59. The number of rotatable bonds is 5. The average molecular weight is 382 g/mol. The SMILES string of the molecule is CCNc1cc(Nc2cccc(I)c2)nc(C(C)C)n1. The highest BCUT2D eigenvalue weighted by Crippen LogP contribution is 2.21. The van der Waals surface area contributed by atoms with Crippen LogP contribution in [-0.2, 0) is 0 Å². The molecule has 5 heteroatoms. The van der Waals surface area contributed by atoms with Gasteiger partial charge in [-0.15, -0.1) is 0 Å². The Bertz CT molecular complexity index is 584. The van der Waals surface area contributed by atoms with Crippen molar-refractivity contribution in [3.8, 4) is 0 Å². The summed E-state index contributed by atoms with van der Waals surface area (Å²) < 4.78 is 1.19. The van der Waals surface area contributed by atoms with E-state index < -0.39 is 0 Å². The smallest absolute Gasteiger partial charge is 0.136 e. The van der Waals surface area contributed by atoms with Crippen LogP contribution in [0, 0.1) is 3.57 Å². The molecule has 0 aliphatic rings. The first kappa shape index (κ1) is 15.0. The molecule has 20 heavy (non-hydrogen) atoms. The summed E-state index contributed by atoms with van der Waals surface area (Å²) in [5.41, 5.74) is 1.03. The van der Waals surface area contributed by atoms with Crippen molar-refractivity contribution in [1.29, 1.82) is 0 Å². The van der Waals surface area contributed by atoms with Gasteiger partial charge < -0.3 is 10.6 Å². The minimum Gasteiger partial charge on any atom is -0.370 e. The number of nitrogens with one attached hydrogen (secondary N) is 2. The van der Waals surface area contributed by atoms with Crippen molar-refractivity contribution in [2.24, 2.45) is 0 Å². The quantitative estimate of drug-likeness (QED) is 0.754. The molecule has 0 spiro atoms. The normalized spacial score (nSPS) is 10.7. The second-order valence-corrected chi connectivity index (χ2v) is 6.06. The predicted molar refractivity (Wildman–Crippen MR) is 92.7 cm³/mol. The highest BCUT2D eigenvalue weighted by Gasteiger charge is 2.08. The molecule has 106 valence electrons. The second-order valence-electron chi connectivity index (χ2n) is 4.82. The van der Waals surface area contributed by atoms with Crippen molar-refractivity contribution in [2.45, 2.75) is 26.7 Å². The van der Waals surface area contributed by atoms with Crippen LogP contribution < -0.4 is 10.6 Å². The molecule has 0 aliphatic heterocycles. The second kappa shape index (κ2) is 6.88. The Labute approximate surface area is 133 Å². The maximum Gasteiger partial charge on any atom is 0.136 e. The molecular formula is C15H19IN4. The van der Waals surface area contributed by atoms with Gasteiger partial charge in [-0.05, 0) is 47.7 Å². The highest BCUT2D eigenvalue weighted by atomic mass is 127. The summed E-state index contributed by atoms with van der Waals surface area (Å²) in [4.78, 5) is 9.09. The van der Waals surface area contributed by atoms with E-state index >= 15 is 0 Å². The number of nitrogens with zero attached hydrogens (tertiary/aromatic N) is 2. The molecule has 1 heterocycles. The van der Waals surface area contributed by atoms with E-state index in [9.17, 15) is 0 Å². The van der Waals surface area contributed by atoms with E-state index in [2.05, 4.69) is 76.1 Å². The number of benzene rings is 1. The van der Waals surface area contributed by atoms with Crippen molar-refractivity contribution >= 4 is 39.9 Å². The van der Waals surface area contributed by atoms with Crippen molar-refractivity contribution in [3.05, 3.63) is 39.7 Å². The van der Waals surface area contributed by atoms with Gasteiger partial charge in [0.05, 0.1) is 0 Å². The van der Waals surface area contributed by atoms with E-state index in [0.717, 1.165) is 29.7 Å². The molecule has 0 bridgehead atoms. The standard InChI is InChI=1S/C15H19IN4/c1-4-17-13-9-14(20-15(19-13)10(2)3)18-12-7-5-6-11(16)8-12/h5-10H,4H2,1-3H3,(H2,17,18,19,20). The third-order valence-corrected chi connectivity index (χ3v) is 3.39. The molecule has 4 nitrogen and oxygen atoms in total. The van der Waals surface area contributed by atoms with Crippen LogP contribution in [-0.4, -0.2) is 16.5 Å². The first-order valence-electron chi connectivity index (χ1n) is 6.74. The van der Waals surface area contributed by atoms with Crippen LogP contribution >= 0.6 is 22.6 Å². The van der Waals surface area contributed by atoms with Crippen LogP contribution in [0.15, 0.2) is 30.3 Å². The fourth-order valence-electron chi connectivity index (χ4n) is 1.77. The van der Waals surface area contributed by atoms with E-state index in [1.54, 1.807) is 0 Å². The molecule has 0 radical (unpaired) electrons. The van der Waals surface area contributed by atoms with Gasteiger partial charge in [0.2, 0.25) is 0 Å². The molecule has 0 amide bonds. The molecule has 0 fully saturated rings. The minimum atomic E-state index is 0.296. The highest BCUT2D eigenvalue weighted by molar-refractivity contribution is 14.1. The Balaban J connectivity index is 2.30. The lowest BCUT2D eigenvalue weighted by Gasteiger charge is -2.12. The number of hydrogen-bond acceptors (Lipinski definition) is 4. The monoisotopic (exact) mass is 382 g/mol. The summed E-state index contributed by atoms with van der Waals surface area (Å²) in [6, 6.07) is 10.2. The van der Waals surface area contributed by atoms with Gasteiger partial charge in [-0.25, -0.2) is 9.97 Å². The molecular weight excluding hydrogens is 363 g/mol. The zero-order valence-electron chi connectivity index (χ0n) is 11.9. The molecule has 2 aromatic rings. The minimum absolute atomic E-state index is 0.296. The molecule has 0 saturated carbocycles. The fraction of sp³-hybridized carbons (Fsp3) is 0.333. The maximum atomic E-state index is 4.58. The maximum absolute atomic E-state index is 4.58. The Hall–Kier alpha value is -1.37. The number of halogens is 1. The van der Waals surface area contributed by atoms with Crippen LogP contribution in [0.2, 0.25) is 0 Å². The lowest BCUT2D eigenvalue weighted by molar-refractivity contribution is 0.777. The Morgan fingerprint density at radius 3 is 2.55 bits per heavy atom. The number of aromatic nitrogens is 2. The molecule has 0 atom stereocenters. The van der Waals surface area contributed by atoms with Crippen molar-refractivity contribution in [2.75, 3.05) is 17.2 Å². The van der Waals surface area contributed by atoms with Crippen LogP contribution in [0.25, 0.3) is 0 Å². The number of hydrogen-bond donors (Lipinski definition) is 2. The van der Waals surface area contributed by atoms with Gasteiger partial charge in [0, 0.05) is 27.8 Å². The summed E-state index contributed by atoms with van der Waals surface area (Å²) in [6.07, 6.45) is 0. The van der Waals surface area contributed by atoms with Crippen LogP contribution in [0.4, 0.5) is 17.3 Å². The third kappa shape index (κ3) is 4.06. The summed E-state index contributed by atoms with van der Waals surface area (Å²) in [5.74, 6) is 2.82.